The predicted octanol–water partition coefficient (Wildman–Crippen LogP) is 3.65. The van der Waals surface area contributed by atoms with Gasteiger partial charge in [0.25, 0.3) is 0 Å². The minimum absolute atomic E-state index is 0.253. The number of ether oxygens (including phenoxy) is 2. The average molecular weight is 468 g/mol. The molecule has 1 fully saturated rings. The molecule has 0 aromatic heterocycles. The molecule has 2 aromatic rings. The highest BCUT2D eigenvalue weighted by molar-refractivity contribution is 5.80. The number of benzene rings is 2. The second-order valence-electron chi connectivity index (χ2n) is 8.77. The van der Waals surface area contributed by atoms with Crippen LogP contribution in [-0.2, 0) is 29.0 Å². The lowest BCUT2D eigenvalue weighted by Crippen LogP contribution is -2.61. The van der Waals surface area contributed by atoms with Gasteiger partial charge in [0.05, 0.1) is 13.7 Å². The number of rotatable bonds is 11. The van der Waals surface area contributed by atoms with E-state index in [2.05, 4.69) is 41.4 Å². The molecule has 1 heterocycles. The van der Waals surface area contributed by atoms with Crippen LogP contribution < -0.4 is 10.1 Å². The Morgan fingerprint density at radius 2 is 1.85 bits per heavy atom. The van der Waals surface area contributed by atoms with Crippen LogP contribution in [0.15, 0.2) is 48.5 Å². The Hall–Kier alpha value is -2.90. The summed E-state index contributed by atoms with van der Waals surface area (Å²) in [6.07, 6.45) is 3.16. The average Bonchev–Trinajstić information content (AvgIpc) is 2.89. The van der Waals surface area contributed by atoms with Crippen LogP contribution in [0.2, 0.25) is 0 Å². The first-order chi connectivity index (χ1) is 16.5. The van der Waals surface area contributed by atoms with Crippen LogP contribution in [0.4, 0.5) is 4.79 Å². The maximum Gasteiger partial charge on any atom is 0.318 e. The van der Waals surface area contributed by atoms with Gasteiger partial charge in [0.2, 0.25) is 0 Å². The molecule has 7 nitrogen and oxygen atoms in total. The molecule has 1 aliphatic heterocycles. The first-order valence-electron chi connectivity index (χ1n) is 12.0. The van der Waals surface area contributed by atoms with E-state index in [9.17, 15) is 9.59 Å². The molecule has 1 aliphatic rings. The second kappa shape index (κ2) is 12.5. The fourth-order valence-electron chi connectivity index (χ4n) is 4.61. The molecule has 2 aromatic carbocycles. The van der Waals surface area contributed by atoms with Crippen molar-refractivity contribution in [3.8, 4) is 5.75 Å². The fraction of sp³-hybridized carbons (Fsp3) is 0.481. The van der Waals surface area contributed by atoms with E-state index >= 15 is 0 Å². The summed E-state index contributed by atoms with van der Waals surface area (Å²) in [6.45, 7) is 5.62. The van der Waals surface area contributed by atoms with Gasteiger partial charge in [-0.15, -0.1) is 0 Å². The van der Waals surface area contributed by atoms with Crippen LogP contribution in [0.1, 0.15) is 36.5 Å². The molecular weight excluding hydrogens is 430 g/mol. The van der Waals surface area contributed by atoms with Crippen molar-refractivity contribution in [2.24, 2.45) is 0 Å². The zero-order chi connectivity index (χ0) is 24.4. The van der Waals surface area contributed by atoms with Crippen LogP contribution in [0.5, 0.6) is 5.75 Å². The summed E-state index contributed by atoms with van der Waals surface area (Å²) in [5.74, 6) is 0.740. The number of carbonyl (C=O) groups is 2. The van der Waals surface area contributed by atoms with Crippen LogP contribution in [0, 0.1) is 0 Å². The second-order valence-corrected chi connectivity index (χ2v) is 8.77. The first kappa shape index (κ1) is 25.7. The lowest BCUT2D eigenvalue weighted by atomic mass is 9.86. The maximum absolute atomic E-state index is 13.3. The lowest BCUT2D eigenvalue weighted by Gasteiger charge is -2.45. The Kier molecular flexibility index (Phi) is 9.48. The molecule has 0 bridgehead atoms. The molecule has 0 unspecified atom stereocenters. The van der Waals surface area contributed by atoms with Crippen molar-refractivity contribution in [1.29, 1.82) is 0 Å². The van der Waals surface area contributed by atoms with Crippen LogP contribution in [-0.4, -0.2) is 68.1 Å². The minimum Gasteiger partial charge on any atom is -0.497 e. The summed E-state index contributed by atoms with van der Waals surface area (Å²) in [5, 5.41) is 2.99. The first-order valence-corrected chi connectivity index (χ1v) is 12.0. The zero-order valence-corrected chi connectivity index (χ0v) is 20.6. The molecule has 1 N–H and O–H groups in total. The Bertz CT molecular complexity index is 941. The van der Waals surface area contributed by atoms with Gasteiger partial charge in [-0.2, -0.15) is 0 Å². The fourth-order valence-corrected chi connectivity index (χ4v) is 4.61. The maximum atomic E-state index is 13.3. The van der Waals surface area contributed by atoms with E-state index in [0.29, 0.717) is 32.5 Å². The van der Waals surface area contributed by atoms with Crippen LogP contribution in [0.25, 0.3) is 0 Å². The van der Waals surface area contributed by atoms with Crippen molar-refractivity contribution < 1.29 is 19.1 Å². The summed E-state index contributed by atoms with van der Waals surface area (Å²) in [5.41, 5.74) is 2.78. The number of aryl methyl sites for hydroxylation is 1. The molecule has 34 heavy (non-hydrogen) atoms. The SMILES string of the molecule is CCc1ccccc1CN1CCC(C=O)(N(CCOC)C(=O)NCc2cccc(OC)c2)CC1. The molecule has 1 saturated heterocycles. The largest absolute Gasteiger partial charge is 0.497 e. The molecule has 7 heteroatoms. The van der Waals surface area contributed by atoms with Crippen LogP contribution >= 0.6 is 0 Å². The van der Waals surface area contributed by atoms with Gasteiger partial charge >= 0.3 is 6.03 Å². The van der Waals surface area contributed by atoms with E-state index < -0.39 is 5.54 Å². The molecule has 0 atom stereocenters. The van der Waals surface area contributed by atoms with Crippen molar-refractivity contribution in [2.45, 2.75) is 44.8 Å². The normalized spacial score (nSPS) is 15.5. The van der Waals surface area contributed by atoms with E-state index in [0.717, 1.165) is 43.7 Å². The van der Waals surface area contributed by atoms with E-state index in [4.69, 9.17) is 9.47 Å². The van der Waals surface area contributed by atoms with Gasteiger partial charge in [-0.1, -0.05) is 43.3 Å². The molecule has 2 amide bonds. The number of carbonyl (C=O) groups excluding carboxylic acids is 2. The quantitative estimate of drug-likeness (QED) is 0.511. The number of nitrogens with one attached hydrogen (secondary N) is 1. The monoisotopic (exact) mass is 467 g/mol. The number of aldehydes is 1. The van der Waals surface area contributed by atoms with Gasteiger partial charge in [0.15, 0.2) is 0 Å². The van der Waals surface area contributed by atoms with Crippen LogP contribution in [0.3, 0.4) is 0 Å². The van der Waals surface area contributed by atoms with Crippen molar-refractivity contribution in [2.75, 3.05) is 40.5 Å². The standard InChI is InChI=1S/C27H37N3O4/c1-4-23-9-5-6-10-24(23)20-29-14-12-27(21-31,13-15-29)30(16-17-33-2)26(32)28-19-22-8-7-11-25(18-22)34-3/h5-11,18,21H,4,12-17,19-20H2,1-3H3,(H,28,32). The number of hydrogen-bond donors (Lipinski definition) is 1. The summed E-state index contributed by atoms with van der Waals surface area (Å²) in [4.78, 5) is 29.7. The smallest absolute Gasteiger partial charge is 0.318 e. The predicted molar refractivity (Wildman–Crippen MR) is 133 cm³/mol. The van der Waals surface area contributed by atoms with Crippen molar-refractivity contribution >= 4 is 12.3 Å². The Morgan fingerprint density at radius 1 is 1.12 bits per heavy atom. The third-order valence-electron chi connectivity index (χ3n) is 6.71. The molecule has 0 radical (unpaired) electrons. The minimum atomic E-state index is -0.836. The zero-order valence-electron chi connectivity index (χ0n) is 20.6. The van der Waals surface area contributed by atoms with E-state index in [-0.39, 0.29) is 6.03 Å². The highest BCUT2D eigenvalue weighted by Gasteiger charge is 2.42. The van der Waals surface area contributed by atoms with Gasteiger partial charge in [-0.05, 0) is 48.1 Å². The van der Waals surface area contributed by atoms with Gasteiger partial charge in [-0.25, -0.2) is 4.79 Å². The number of piperidine rings is 1. The van der Waals surface area contributed by atoms with Crippen molar-refractivity contribution in [3.05, 3.63) is 65.2 Å². The molecule has 0 aliphatic carbocycles. The molecule has 0 saturated carbocycles. The number of likely N-dealkylation sites (tertiary alicyclic amines) is 1. The Balaban J connectivity index is 1.67. The Labute approximate surface area is 203 Å². The van der Waals surface area contributed by atoms with E-state index in [1.165, 1.54) is 11.1 Å². The summed E-state index contributed by atoms with van der Waals surface area (Å²) < 4.78 is 10.5. The number of nitrogens with zero attached hydrogens (tertiary/aromatic N) is 2. The number of methoxy groups -OCH3 is 2. The van der Waals surface area contributed by atoms with Gasteiger partial charge < -0.3 is 24.5 Å². The molecule has 0 spiro atoms. The molecule has 184 valence electrons. The van der Waals surface area contributed by atoms with E-state index in [1.54, 1.807) is 19.1 Å². The molecular formula is C27H37N3O4. The Morgan fingerprint density at radius 3 is 2.50 bits per heavy atom. The van der Waals surface area contributed by atoms with Crippen molar-refractivity contribution in [1.82, 2.24) is 15.1 Å². The van der Waals surface area contributed by atoms with E-state index in [1.807, 2.05) is 24.3 Å². The highest BCUT2D eigenvalue weighted by atomic mass is 16.5. The topological polar surface area (TPSA) is 71.1 Å². The number of hydrogen-bond acceptors (Lipinski definition) is 5. The lowest BCUT2D eigenvalue weighted by molar-refractivity contribution is -0.120. The van der Waals surface area contributed by atoms with Gasteiger partial charge in [-0.3, -0.25) is 4.90 Å². The highest BCUT2D eigenvalue weighted by Crippen LogP contribution is 2.29. The third-order valence-corrected chi connectivity index (χ3v) is 6.71. The summed E-state index contributed by atoms with van der Waals surface area (Å²) in [6, 6.07) is 15.8. The molecule has 3 rings (SSSR count). The number of amides is 2. The third kappa shape index (κ3) is 6.36. The number of urea groups is 1. The summed E-state index contributed by atoms with van der Waals surface area (Å²) >= 11 is 0. The van der Waals surface area contributed by atoms with Gasteiger partial charge in [0, 0.05) is 39.8 Å². The van der Waals surface area contributed by atoms with Crippen molar-refractivity contribution in [3.63, 3.8) is 0 Å². The summed E-state index contributed by atoms with van der Waals surface area (Å²) in [7, 11) is 3.22. The van der Waals surface area contributed by atoms with Gasteiger partial charge in [0.1, 0.15) is 17.6 Å².